The largest absolute Gasteiger partial charge is 0.497 e. The summed E-state index contributed by atoms with van der Waals surface area (Å²) >= 11 is 6.38. The lowest BCUT2D eigenvalue weighted by atomic mass is 9.94. The van der Waals surface area contributed by atoms with Crippen LogP contribution in [0.1, 0.15) is 44.6 Å². The van der Waals surface area contributed by atoms with E-state index >= 15 is 0 Å². The number of carbonyl (C=O) groups excluding carboxylic acids is 1. The third-order valence-corrected chi connectivity index (χ3v) is 5.14. The normalized spacial score (nSPS) is 15.5. The zero-order valence-electron chi connectivity index (χ0n) is 14.2. The van der Waals surface area contributed by atoms with E-state index in [-0.39, 0.29) is 5.91 Å². The van der Waals surface area contributed by atoms with Crippen molar-refractivity contribution in [3.63, 3.8) is 0 Å². The number of hydrogen-bond donors (Lipinski definition) is 0. The quantitative estimate of drug-likeness (QED) is 0.761. The first-order valence-electron chi connectivity index (χ1n) is 8.49. The Morgan fingerprint density at radius 3 is 2.71 bits per heavy atom. The molecule has 0 atom stereocenters. The van der Waals surface area contributed by atoms with E-state index < -0.39 is 0 Å². The maximum absolute atomic E-state index is 12.2. The number of benzene rings is 1. The van der Waals surface area contributed by atoms with E-state index in [0.717, 1.165) is 35.1 Å². The number of fused-ring (bicyclic) bond motifs is 1. The molecule has 0 N–H and O–H groups in total. The molecule has 0 aliphatic heterocycles. The summed E-state index contributed by atoms with van der Waals surface area (Å²) in [6.07, 6.45) is 5.79. The van der Waals surface area contributed by atoms with E-state index in [4.69, 9.17) is 16.3 Å². The smallest absolute Gasteiger partial charge is 0.219 e. The Labute approximate surface area is 147 Å². The monoisotopic (exact) mass is 346 g/mol. The van der Waals surface area contributed by atoms with Crippen molar-refractivity contribution in [2.24, 2.45) is 0 Å². The SMILES string of the molecule is COc1ccc2nc(Cl)c(CN(C(C)=O)C3CCCCC3)cc2c1. The molecule has 0 bridgehead atoms. The Balaban J connectivity index is 1.91. The molecule has 0 saturated heterocycles. The van der Waals surface area contributed by atoms with E-state index in [1.165, 1.54) is 19.3 Å². The highest BCUT2D eigenvalue weighted by Gasteiger charge is 2.24. The molecule has 1 aromatic carbocycles. The molecule has 0 spiro atoms. The van der Waals surface area contributed by atoms with Crippen LogP contribution in [-0.4, -0.2) is 28.9 Å². The summed E-state index contributed by atoms with van der Waals surface area (Å²) < 4.78 is 5.28. The number of ether oxygens (including phenoxy) is 1. The number of halogens is 1. The summed E-state index contributed by atoms with van der Waals surface area (Å²) in [5, 5.41) is 1.44. The standard InChI is InChI=1S/C19H23ClN2O2/c1-13(23)22(16-6-4-3-5-7-16)12-15-10-14-11-17(24-2)8-9-18(14)21-19(15)20/h8-11,16H,3-7,12H2,1-2H3. The van der Waals surface area contributed by atoms with Gasteiger partial charge in [0.15, 0.2) is 0 Å². The highest BCUT2D eigenvalue weighted by molar-refractivity contribution is 6.30. The molecule has 0 unspecified atom stereocenters. The minimum atomic E-state index is 0.101. The molecular formula is C19H23ClN2O2. The number of amides is 1. The highest BCUT2D eigenvalue weighted by atomic mass is 35.5. The minimum Gasteiger partial charge on any atom is -0.497 e. The van der Waals surface area contributed by atoms with Crippen molar-refractivity contribution in [1.82, 2.24) is 9.88 Å². The molecule has 0 radical (unpaired) electrons. The fraction of sp³-hybridized carbons (Fsp3) is 0.474. The van der Waals surface area contributed by atoms with Crippen LogP contribution in [0.5, 0.6) is 5.75 Å². The zero-order valence-corrected chi connectivity index (χ0v) is 15.0. The van der Waals surface area contributed by atoms with Crippen molar-refractivity contribution in [2.45, 2.75) is 51.6 Å². The summed E-state index contributed by atoms with van der Waals surface area (Å²) in [6, 6.07) is 8.05. The van der Waals surface area contributed by atoms with Crippen molar-refractivity contribution in [3.8, 4) is 5.75 Å². The van der Waals surface area contributed by atoms with Crippen LogP contribution in [0.25, 0.3) is 10.9 Å². The van der Waals surface area contributed by atoms with Gasteiger partial charge in [-0.3, -0.25) is 4.79 Å². The molecule has 1 heterocycles. The lowest BCUT2D eigenvalue weighted by Gasteiger charge is -2.34. The van der Waals surface area contributed by atoms with Gasteiger partial charge in [0.05, 0.1) is 12.6 Å². The molecule has 24 heavy (non-hydrogen) atoms. The Hall–Kier alpha value is -1.81. The second-order valence-electron chi connectivity index (χ2n) is 6.44. The van der Waals surface area contributed by atoms with Gasteiger partial charge in [-0.1, -0.05) is 30.9 Å². The molecule has 1 amide bonds. The average molecular weight is 347 g/mol. The van der Waals surface area contributed by atoms with Gasteiger partial charge in [-0.15, -0.1) is 0 Å². The van der Waals surface area contributed by atoms with Gasteiger partial charge >= 0.3 is 0 Å². The first-order chi connectivity index (χ1) is 11.6. The van der Waals surface area contributed by atoms with E-state index in [9.17, 15) is 4.79 Å². The summed E-state index contributed by atoms with van der Waals surface area (Å²) in [5.41, 5.74) is 1.72. The topological polar surface area (TPSA) is 42.4 Å². The van der Waals surface area contributed by atoms with Gasteiger partial charge in [0.2, 0.25) is 5.91 Å². The van der Waals surface area contributed by atoms with Crippen molar-refractivity contribution in [1.29, 1.82) is 0 Å². The van der Waals surface area contributed by atoms with E-state index in [2.05, 4.69) is 4.98 Å². The molecule has 1 aliphatic carbocycles. The number of pyridine rings is 1. The third kappa shape index (κ3) is 3.64. The molecule has 1 fully saturated rings. The fourth-order valence-electron chi connectivity index (χ4n) is 3.49. The second-order valence-corrected chi connectivity index (χ2v) is 6.79. The third-order valence-electron chi connectivity index (χ3n) is 4.81. The Bertz CT molecular complexity index is 741. The van der Waals surface area contributed by atoms with Crippen LogP contribution in [-0.2, 0) is 11.3 Å². The number of hydrogen-bond acceptors (Lipinski definition) is 3. The van der Waals surface area contributed by atoms with Crippen molar-refractivity contribution < 1.29 is 9.53 Å². The molecular weight excluding hydrogens is 324 g/mol. The van der Waals surface area contributed by atoms with Gasteiger partial charge < -0.3 is 9.64 Å². The van der Waals surface area contributed by atoms with Crippen LogP contribution in [0.3, 0.4) is 0 Å². The summed E-state index contributed by atoms with van der Waals surface area (Å²) in [6.45, 7) is 2.15. The number of rotatable bonds is 4. The Morgan fingerprint density at radius 2 is 2.04 bits per heavy atom. The molecule has 1 saturated carbocycles. The van der Waals surface area contributed by atoms with Gasteiger partial charge in [0.1, 0.15) is 10.9 Å². The molecule has 3 rings (SSSR count). The zero-order chi connectivity index (χ0) is 17.1. The van der Waals surface area contributed by atoms with Gasteiger partial charge in [-0.25, -0.2) is 4.98 Å². The maximum atomic E-state index is 12.2. The fourth-order valence-corrected chi connectivity index (χ4v) is 3.69. The van der Waals surface area contributed by atoms with Crippen LogP contribution in [0.4, 0.5) is 0 Å². The number of methoxy groups -OCH3 is 1. The average Bonchev–Trinajstić information content (AvgIpc) is 2.60. The van der Waals surface area contributed by atoms with Crippen LogP contribution < -0.4 is 4.74 Å². The number of nitrogens with zero attached hydrogens (tertiary/aromatic N) is 2. The Morgan fingerprint density at radius 1 is 1.29 bits per heavy atom. The maximum Gasteiger partial charge on any atom is 0.219 e. The van der Waals surface area contributed by atoms with Crippen molar-refractivity contribution >= 4 is 28.4 Å². The molecule has 1 aliphatic rings. The molecule has 2 aromatic rings. The van der Waals surface area contributed by atoms with E-state index in [1.54, 1.807) is 14.0 Å². The van der Waals surface area contributed by atoms with Crippen LogP contribution in [0.15, 0.2) is 24.3 Å². The second kappa shape index (κ2) is 7.39. The van der Waals surface area contributed by atoms with Crippen molar-refractivity contribution in [2.75, 3.05) is 7.11 Å². The molecule has 1 aromatic heterocycles. The lowest BCUT2D eigenvalue weighted by Crippen LogP contribution is -2.39. The number of aromatic nitrogens is 1. The molecule has 4 nitrogen and oxygen atoms in total. The van der Waals surface area contributed by atoms with Gasteiger partial charge in [0.25, 0.3) is 0 Å². The summed E-state index contributed by atoms with van der Waals surface area (Å²) in [7, 11) is 1.64. The first kappa shape index (κ1) is 17.0. The van der Waals surface area contributed by atoms with E-state index in [0.29, 0.717) is 17.7 Å². The van der Waals surface area contributed by atoms with Crippen LogP contribution >= 0.6 is 11.6 Å². The summed E-state index contributed by atoms with van der Waals surface area (Å²) in [5.74, 6) is 0.886. The molecule has 5 heteroatoms. The predicted octanol–water partition coefficient (Wildman–Crippen LogP) is 4.58. The van der Waals surface area contributed by atoms with Crippen LogP contribution in [0.2, 0.25) is 5.15 Å². The number of carbonyl (C=O) groups is 1. The lowest BCUT2D eigenvalue weighted by molar-refractivity contribution is -0.132. The predicted molar refractivity (Wildman–Crippen MR) is 96.4 cm³/mol. The van der Waals surface area contributed by atoms with E-state index in [1.807, 2.05) is 29.2 Å². The Kier molecular flexibility index (Phi) is 5.24. The summed E-state index contributed by atoms with van der Waals surface area (Å²) in [4.78, 5) is 18.6. The van der Waals surface area contributed by atoms with Crippen molar-refractivity contribution in [3.05, 3.63) is 35.0 Å². The van der Waals surface area contributed by atoms with Gasteiger partial charge in [-0.2, -0.15) is 0 Å². The van der Waals surface area contributed by atoms with Gasteiger partial charge in [0, 0.05) is 30.5 Å². The molecule has 128 valence electrons. The van der Waals surface area contributed by atoms with Gasteiger partial charge in [-0.05, 0) is 37.1 Å². The minimum absolute atomic E-state index is 0.101. The highest BCUT2D eigenvalue weighted by Crippen LogP contribution is 2.28. The van der Waals surface area contributed by atoms with Crippen LogP contribution in [0, 0.1) is 0 Å². The first-order valence-corrected chi connectivity index (χ1v) is 8.86.